The molecule has 0 spiro atoms. The molecule has 0 aliphatic carbocycles. The molecule has 7 heteroatoms. The number of esters is 1. The molecule has 1 unspecified atom stereocenters. The van der Waals surface area contributed by atoms with Gasteiger partial charge in [0.05, 0.1) is 25.3 Å². The number of hydrogen-bond donors (Lipinski definition) is 1. The Morgan fingerprint density at radius 3 is 2.48 bits per heavy atom. The Labute approximate surface area is 156 Å². The van der Waals surface area contributed by atoms with E-state index in [1.165, 1.54) is 24.1 Å². The molecule has 1 saturated heterocycles. The first-order valence-corrected chi connectivity index (χ1v) is 8.53. The van der Waals surface area contributed by atoms with Crippen molar-refractivity contribution in [2.45, 2.75) is 13.0 Å². The van der Waals surface area contributed by atoms with E-state index >= 15 is 0 Å². The molecule has 0 aromatic heterocycles. The standard InChI is InChI=1S/C20H20N2O5/c1-13(14-6-4-3-5-7-14)21-18(23)15-10-16(19(24)26-2)12-17(11-15)22-8-9-27-20(22)25/h3-7,10-13H,8-9H2,1-2H3,(H,21,23). The molecule has 0 bridgehead atoms. The molecular formula is C20H20N2O5. The highest BCUT2D eigenvalue weighted by atomic mass is 16.6. The van der Waals surface area contributed by atoms with Crippen molar-refractivity contribution >= 4 is 23.7 Å². The van der Waals surface area contributed by atoms with Gasteiger partial charge in [-0.1, -0.05) is 30.3 Å². The van der Waals surface area contributed by atoms with Crippen LogP contribution < -0.4 is 10.2 Å². The molecule has 1 heterocycles. The van der Waals surface area contributed by atoms with Crippen molar-refractivity contribution in [3.63, 3.8) is 0 Å². The second kappa shape index (κ2) is 7.90. The smallest absolute Gasteiger partial charge is 0.414 e. The summed E-state index contributed by atoms with van der Waals surface area (Å²) in [6.07, 6.45) is -0.513. The van der Waals surface area contributed by atoms with Gasteiger partial charge in [-0.25, -0.2) is 9.59 Å². The molecule has 7 nitrogen and oxygen atoms in total. The van der Waals surface area contributed by atoms with E-state index in [9.17, 15) is 14.4 Å². The Balaban J connectivity index is 1.89. The minimum Gasteiger partial charge on any atom is -0.465 e. The Bertz CT molecular complexity index is 866. The number of nitrogens with one attached hydrogen (secondary N) is 1. The number of carbonyl (C=O) groups is 3. The lowest BCUT2D eigenvalue weighted by molar-refractivity contribution is 0.0600. The summed E-state index contributed by atoms with van der Waals surface area (Å²) in [5.74, 6) is -0.944. The topological polar surface area (TPSA) is 84.9 Å². The molecule has 2 aromatic rings. The summed E-state index contributed by atoms with van der Waals surface area (Å²) < 4.78 is 9.70. The van der Waals surface area contributed by atoms with Gasteiger partial charge in [0.2, 0.25) is 0 Å². The molecule has 3 rings (SSSR count). The van der Waals surface area contributed by atoms with Crippen LogP contribution in [0.3, 0.4) is 0 Å². The van der Waals surface area contributed by atoms with E-state index in [2.05, 4.69) is 5.32 Å². The van der Waals surface area contributed by atoms with Crippen LogP contribution in [-0.2, 0) is 9.47 Å². The number of anilines is 1. The van der Waals surface area contributed by atoms with Crippen LogP contribution in [0.2, 0.25) is 0 Å². The Kier molecular flexibility index (Phi) is 5.40. The van der Waals surface area contributed by atoms with E-state index in [1.807, 2.05) is 37.3 Å². The van der Waals surface area contributed by atoms with Gasteiger partial charge < -0.3 is 14.8 Å². The Hall–Kier alpha value is -3.35. The van der Waals surface area contributed by atoms with E-state index in [0.717, 1.165) is 5.56 Å². The number of methoxy groups -OCH3 is 1. The molecule has 1 aliphatic rings. The molecule has 0 radical (unpaired) electrons. The summed E-state index contributed by atoms with van der Waals surface area (Å²) in [7, 11) is 1.26. The largest absolute Gasteiger partial charge is 0.465 e. The lowest BCUT2D eigenvalue weighted by Gasteiger charge is -2.17. The second-order valence-corrected chi connectivity index (χ2v) is 6.13. The molecule has 1 N–H and O–H groups in total. The van der Waals surface area contributed by atoms with Crippen LogP contribution in [0.1, 0.15) is 39.2 Å². The Morgan fingerprint density at radius 2 is 1.85 bits per heavy atom. The Morgan fingerprint density at radius 1 is 1.15 bits per heavy atom. The number of hydrogen-bond acceptors (Lipinski definition) is 5. The lowest BCUT2D eigenvalue weighted by atomic mass is 10.1. The molecule has 0 saturated carbocycles. The number of rotatable bonds is 5. The highest BCUT2D eigenvalue weighted by Crippen LogP contribution is 2.24. The summed E-state index contributed by atoms with van der Waals surface area (Å²) in [5.41, 5.74) is 1.82. The zero-order valence-electron chi connectivity index (χ0n) is 15.1. The van der Waals surface area contributed by atoms with Crippen LogP contribution in [0.5, 0.6) is 0 Å². The minimum absolute atomic E-state index is 0.187. The maximum absolute atomic E-state index is 12.7. The fourth-order valence-electron chi connectivity index (χ4n) is 2.87. The van der Waals surface area contributed by atoms with Gasteiger partial charge in [0.1, 0.15) is 6.61 Å². The van der Waals surface area contributed by atoms with E-state index in [0.29, 0.717) is 12.2 Å². The average molecular weight is 368 g/mol. The summed E-state index contributed by atoms with van der Waals surface area (Å²) >= 11 is 0. The SMILES string of the molecule is COC(=O)c1cc(C(=O)NC(C)c2ccccc2)cc(N2CCOC2=O)c1. The van der Waals surface area contributed by atoms with E-state index in [-0.39, 0.29) is 29.7 Å². The van der Waals surface area contributed by atoms with Crippen LogP contribution in [0.4, 0.5) is 10.5 Å². The number of cyclic esters (lactones) is 1. The average Bonchev–Trinajstić information content (AvgIpc) is 3.13. The van der Waals surface area contributed by atoms with Gasteiger partial charge in [-0.15, -0.1) is 0 Å². The lowest BCUT2D eigenvalue weighted by Crippen LogP contribution is -2.28. The van der Waals surface area contributed by atoms with Crippen molar-refractivity contribution in [3.05, 3.63) is 65.2 Å². The summed E-state index contributed by atoms with van der Waals surface area (Å²) in [4.78, 5) is 38.0. The second-order valence-electron chi connectivity index (χ2n) is 6.13. The molecule has 1 atom stereocenters. The summed E-state index contributed by atoms with van der Waals surface area (Å²) in [6, 6.07) is 13.8. The number of ether oxygens (including phenoxy) is 2. The van der Waals surface area contributed by atoms with Gasteiger partial charge in [-0.2, -0.15) is 0 Å². The van der Waals surface area contributed by atoms with E-state index in [4.69, 9.17) is 9.47 Å². The summed E-state index contributed by atoms with van der Waals surface area (Å²) in [5, 5.41) is 2.90. The van der Waals surface area contributed by atoms with Crippen molar-refractivity contribution < 1.29 is 23.9 Å². The first-order chi connectivity index (χ1) is 13.0. The molecule has 2 amide bonds. The highest BCUT2D eigenvalue weighted by molar-refractivity contribution is 6.01. The van der Waals surface area contributed by atoms with Crippen molar-refractivity contribution in [1.29, 1.82) is 0 Å². The predicted octanol–water partition coefficient (Wildman–Crippen LogP) is 2.92. The van der Waals surface area contributed by atoms with Gasteiger partial charge in [0.15, 0.2) is 0 Å². The van der Waals surface area contributed by atoms with Crippen molar-refractivity contribution in [2.75, 3.05) is 25.2 Å². The zero-order valence-corrected chi connectivity index (χ0v) is 15.1. The van der Waals surface area contributed by atoms with Gasteiger partial charge in [-0.05, 0) is 30.7 Å². The summed E-state index contributed by atoms with van der Waals surface area (Å²) in [6.45, 7) is 2.48. The number of carbonyl (C=O) groups excluding carboxylic acids is 3. The third kappa shape index (κ3) is 4.08. The molecule has 1 aliphatic heterocycles. The quantitative estimate of drug-likeness (QED) is 0.820. The van der Waals surface area contributed by atoms with Gasteiger partial charge in [0.25, 0.3) is 5.91 Å². The van der Waals surface area contributed by atoms with Crippen LogP contribution in [-0.4, -0.2) is 38.2 Å². The van der Waals surface area contributed by atoms with Crippen LogP contribution in [0, 0.1) is 0 Å². The third-order valence-corrected chi connectivity index (χ3v) is 4.32. The fraction of sp³-hybridized carbons (Fsp3) is 0.250. The van der Waals surface area contributed by atoms with Crippen LogP contribution >= 0.6 is 0 Å². The van der Waals surface area contributed by atoms with Gasteiger partial charge in [0, 0.05) is 11.3 Å². The van der Waals surface area contributed by atoms with Crippen molar-refractivity contribution in [3.8, 4) is 0 Å². The maximum Gasteiger partial charge on any atom is 0.414 e. The van der Waals surface area contributed by atoms with Crippen molar-refractivity contribution in [2.24, 2.45) is 0 Å². The highest BCUT2D eigenvalue weighted by Gasteiger charge is 2.26. The monoisotopic (exact) mass is 368 g/mol. The van der Waals surface area contributed by atoms with E-state index < -0.39 is 12.1 Å². The van der Waals surface area contributed by atoms with Crippen LogP contribution in [0.15, 0.2) is 48.5 Å². The fourth-order valence-corrected chi connectivity index (χ4v) is 2.87. The maximum atomic E-state index is 12.7. The van der Waals surface area contributed by atoms with E-state index in [1.54, 1.807) is 6.07 Å². The first-order valence-electron chi connectivity index (χ1n) is 8.53. The van der Waals surface area contributed by atoms with Gasteiger partial charge >= 0.3 is 12.1 Å². The third-order valence-electron chi connectivity index (χ3n) is 4.32. The number of nitrogens with zero attached hydrogens (tertiary/aromatic N) is 1. The van der Waals surface area contributed by atoms with Crippen LogP contribution in [0.25, 0.3) is 0 Å². The molecule has 2 aromatic carbocycles. The molecule has 140 valence electrons. The molecular weight excluding hydrogens is 348 g/mol. The first kappa shape index (κ1) is 18.4. The van der Waals surface area contributed by atoms with Crippen molar-refractivity contribution in [1.82, 2.24) is 5.32 Å². The molecule has 1 fully saturated rings. The normalized spacial score (nSPS) is 14.4. The minimum atomic E-state index is -0.588. The zero-order chi connectivity index (χ0) is 19.4. The number of benzene rings is 2. The molecule has 27 heavy (non-hydrogen) atoms. The van der Waals surface area contributed by atoms with Gasteiger partial charge in [-0.3, -0.25) is 9.69 Å². The number of amides is 2. The predicted molar refractivity (Wildman–Crippen MR) is 98.8 cm³/mol.